The van der Waals surface area contributed by atoms with Crippen molar-refractivity contribution in [2.45, 2.75) is 76.8 Å². The van der Waals surface area contributed by atoms with E-state index in [1.165, 1.54) is 38.5 Å². The van der Waals surface area contributed by atoms with Gasteiger partial charge in [-0.15, -0.1) is 0 Å². The smallest absolute Gasteiger partial charge is 0.429 e. The lowest BCUT2D eigenvalue weighted by Gasteiger charge is -2.41. The van der Waals surface area contributed by atoms with Crippen LogP contribution in [0.2, 0.25) is 0 Å². The van der Waals surface area contributed by atoms with Gasteiger partial charge in [0.05, 0.1) is 25.9 Å². The fraction of sp³-hybridized carbons (Fsp3) is 0.613. The molecular formula is C31H35F7O4. The molecule has 0 radical (unpaired) electrons. The van der Waals surface area contributed by atoms with Crippen molar-refractivity contribution < 1.29 is 49.7 Å². The molecule has 0 N–H and O–H groups in total. The number of rotatable bonds is 8. The Kier molecular flexibility index (Phi) is 9.69. The first-order chi connectivity index (χ1) is 20.1. The van der Waals surface area contributed by atoms with Gasteiger partial charge in [-0.2, -0.15) is 8.78 Å². The van der Waals surface area contributed by atoms with Gasteiger partial charge in [0.15, 0.2) is 23.7 Å². The van der Waals surface area contributed by atoms with E-state index in [0.29, 0.717) is 30.6 Å². The van der Waals surface area contributed by atoms with Crippen molar-refractivity contribution in [3.63, 3.8) is 0 Å². The second-order valence-corrected chi connectivity index (χ2v) is 11.7. The predicted molar refractivity (Wildman–Crippen MR) is 138 cm³/mol. The van der Waals surface area contributed by atoms with E-state index in [2.05, 4.69) is 11.7 Å². The maximum Gasteiger partial charge on any atom is 0.432 e. The lowest BCUT2D eigenvalue weighted by atomic mass is 9.72. The lowest BCUT2D eigenvalue weighted by Crippen LogP contribution is -2.41. The van der Waals surface area contributed by atoms with E-state index in [1.807, 2.05) is 0 Å². The molecule has 2 atom stereocenters. The van der Waals surface area contributed by atoms with E-state index < -0.39 is 52.8 Å². The number of halogens is 7. The zero-order valence-corrected chi connectivity index (χ0v) is 23.3. The highest BCUT2D eigenvalue weighted by atomic mass is 19.3. The summed E-state index contributed by atoms with van der Waals surface area (Å²) >= 11 is 0. The van der Waals surface area contributed by atoms with E-state index in [-0.39, 0.29) is 42.9 Å². The molecule has 1 saturated carbocycles. The summed E-state index contributed by atoms with van der Waals surface area (Å²) in [5.74, 6) is -7.99. The quantitative estimate of drug-likeness (QED) is 0.224. The summed E-state index contributed by atoms with van der Waals surface area (Å²) in [4.78, 5) is 0. The molecule has 5 rings (SSSR count). The molecule has 42 heavy (non-hydrogen) atoms. The number of hydrogen-bond acceptors (Lipinski definition) is 4. The van der Waals surface area contributed by atoms with Crippen molar-refractivity contribution in [1.82, 2.24) is 0 Å². The second kappa shape index (κ2) is 13.1. The SMILES string of the molecule is CCCC1CCC(C2CCC(C3COC(c4cc(F)c(C(F)(F)Oc5cc(F)c(F)c(F)c5)c(F)c4)OC3)OC2)CC1. The first kappa shape index (κ1) is 31.1. The van der Waals surface area contributed by atoms with Crippen molar-refractivity contribution in [3.05, 3.63) is 64.5 Å². The van der Waals surface area contributed by atoms with Gasteiger partial charge in [0, 0.05) is 23.6 Å². The molecule has 3 fully saturated rings. The zero-order chi connectivity index (χ0) is 30.0. The molecule has 2 unspecified atom stereocenters. The summed E-state index contributed by atoms with van der Waals surface area (Å²) in [5.41, 5.74) is -1.95. The highest BCUT2D eigenvalue weighted by Gasteiger charge is 2.43. The Morgan fingerprint density at radius 1 is 0.714 bits per heavy atom. The third-order valence-electron chi connectivity index (χ3n) is 8.88. The first-order valence-corrected chi connectivity index (χ1v) is 14.6. The fourth-order valence-electron chi connectivity index (χ4n) is 6.61. The molecule has 0 spiro atoms. The Labute approximate surface area is 240 Å². The van der Waals surface area contributed by atoms with Gasteiger partial charge in [-0.1, -0.05) is 32.6 Å². The average Bonchev–Trinajstić information content (AvgIpc) is 2.96. The molecular weight excluding hydrogens is 569 g/mol. The van der Waals surface area contributed by atoms with E-state index in [0.717, 1.165) is 18.8 Å². The molecule has 2 heterocycles. The van der Waals surface area contributed by atoms with E-state index in [9.17, 15) is 30.7 Å². The minimum atomic E-state index is -4.67. The van der Waals surface area contributed by atoms with Crippen LogP contribution in [-0.4, -0.2) is 25.9 Å². The topological polar surface area (TPSA) is 36.9 Å². The van der Waals surface area contributed by atoms with Gasteiger partial charge in [-0.05, 0) is 55.6 Å². The Bertz CT molecular complexity index is 1170. The molecule has 2 saturated heterocycles. The monoisotopic (exact) mass is 604 g/mol. The number of ether oxygens (including phenoxy) is 4. The fourth-order valence-corrected chi connectivity index (χ4v) is 6.61. The molecule has 1 aliphatic carbocycles. The standard InChI is InChI=1S/C31H35F7O4/c1-2-3-17-4-6-18(7-5-17)19-8-9-27(39-14-19)21-15-40-30(41-16-21)20-10-23(32)28(24(33)11-20)31(37,38)42-22-12-25(34)29(36)26(35)13-22/h10-13,17-19,21,27,30H,2-9,14-16H2,1H3. The molecule has 0 aromatic heterocycles. The van der Waals surface area contributed by atoms with Gasteiger partial charge < -0.3 is 18.9 Å². The maximum absolute atomic E-state index is 14.8. The summed E-state index contributed by atoms with van der Waals surface area (Å²) < 4.78 is 120. The van der Waals surface area contributed by atoms with Crippen LogP contribution in [0.15, 0.2) is 24.3 Å². The summed E-state index contributed by atoms with van der Waals surface area (Å²) in [6.45, 7) is 3.34. The molecule has 232 valence electrons. The van der Waals surface area contributed by atoms with Crippen LogP contribution >= 0.6 is 0 Å². The summed E-state index contributed by atoms with van der Waals surface area (Å²) in [5, 5.41) is 0. The molecule has 2 aromatic carbocycles. The van der Waals surface area contributed by atoms with Gasteiger partial charge >= 0.3 is 6.11 Å². The second-order valence-electron chi connectivity index (χ2n) is 11.7. The lowest BCUT2D eigenvalue weighted by molar-refractivity contribution is -0.228. The van der Waals surface area contributed by atoms with Gasteiger partial charge in [-0.25, -0.2) is 22.0 Å². The van der Waals surface area contributed by atoms with Crippen LogP contribution in [0.5, 0.6) is 5.75 Å². The molecule has 0 amide bonds. The molecule has 2 aliphatic heterocycles. The predicted octanol–water partition coefficient (Wildman–Crippen LogP) is 8.57. The largest absolute Gasteiger partial charge is 0.432 e. The Morgan fingerprint density at radius 3 is 1.83 bits per heavy atom. The van der Waals surface area contributed by atoms with Crippen LogP contribution in [0.3, 0.4) is 0 Å². The summed E-state index contributed by atoms with van der Waals surface area (Å²) in [6, 6.07) is 1.55. The van der Waals surface area contributed by atoms with E-state index >= 15 is 0 Å². The Balaban J connectivity index is 1.15. The Hall–Kier alpha value is -2.37. The van der Waals surface area contributed by atoms with Crippen molar-refractivity contribution in [2.24, 2.45) is 23.7 Å². The highest BCUT2D eigenvalue weighted by Crippen LogP contribution is 2.41. The maximum atomic E-state index is 14.8. The Morgan fingerprint density at radius 2 is 1.29 bits per heavy atom. The molecule has 0 bridgehead atoms. The average molecular weight is 605 g/mol. The minimum Gasteiger partial charge on any atom is -0.429 e. The highest BCUT2D eigenvalue weighted by molar-refractivity contribution is 5.32. The van der Waals surface area contributed by atoms with Crippen LogP contribution in [0.1, 0.15) is 75.7 Å². The van der Waals surface area contributed by atoms with Crippen molar-refractivity contribution >= 4 is 0 Å². The van der Waals surface area contributed by atoms with Crippen LogP contribution in [0.25, 0.3) is 0 Å². The first-order valence-electron chi connectivity index (χ1n) is 14.6. The third-order valence-corrected chi connectivity index (χ3v) is 8.88. The molecule has 2 aromatic rings. The summed E-state index contributed by atoms with van der Waals surface area (Å²) in [7, 11) is 0. The number of benzene rings is 2. The minimum absolute atomic E-state index is 0.0635. The van der Waals surface area contributed by atoms with Gasteiger partial charge in [-0.3, -0.25) is 0 Å². The van der Waals surface area contributed by atoms with Crippen molar-refractivity contribution in [1.29, 1.82) is 0 Å². The van der Waals surface area contributed by atoms with Crippen molar-refractivity contribution in [2.75, 3.05) is 19.8 Å². The third kappa shape index (κ3) is 6.89. The number of alkyl halides is 2. The number of hydrogen-bond donors (Lipinski definition) is 0. The van der Waals surface area contributed by atoms with Gasteiger partial charge in [0.2, 0.25) is 0 Å². The van der Waals surface area contributed by atoms with Crippen molar-refractivity contribution in [3.8, 4) is 5.75 Å². The van der Waals surface area contributed by atoms with Crippen LogP contribution < -0.4 is 4.74 Å². The molecule has 11 heteroatoms. The van der Waals surface area contributed by atoms with Gasteiger partial charge in [0.1, 0.15) is 22.9 Å². The summed E-state index contributed by atoms with van der Waals surface area (Å²) in [6.07, 6.45) is 3.67. The van der Waals surface area contributed by atoms with Gasteiger partial charge in [0.25, 0.3) is 0 Å². The van der Waals surface area contributed by atoms with E-state index in [4.69, 9.17) is 14.2 Å². The zero-order valence-electron chi connectivity index (χ0n) is 23.3. The molecule has 4 nitrogen and oxygen atoms in total. The van der Waals surface area contributed by atoms with Crippen LogP contribution in [0.4, 0.5) is 30.7 Å². The molecule has 3 aliphatic rings. The van der Waals surface area contributed by atoms with E-state index in [1.54, 1.807) is 0 Å². The van der Waals surface area contributed by atoms with Crippen LogP contribution in [-0.2, 0) is 20.3 Å². The normalized spacial score (nSPS) is 29.0. The van der Waals surface area contributed by atoms with Crippen LogP contribution in [0, 0.1) is 52.8 Å².